The van der Waals surface area contributed by atoms with Gasteiger partial charge in [0.05, 0.1) is 21.8 Å². The van der Waals surface area contributed by atoms with Gasteiger partial charge in [-0.2, -0.15) is 0 Å². The molecule has 0 bridgehead atoms. The highest BCUT2D eigenvalue weighted by Gasteiger charge is 2.31. The van der Waals surface area contributed by atoms with Crippen LogP contribution in [-0.2, 0) is 0 Å². The minimum Gasteiger partial charge on any atom is -0.397 e. The topological polar surface area (TPSA) is 62.1 Å². The number of nitrogen functional groups attached to an aromatic ring is 1. The minimum absolute atomic E-state index is 0.0719. The zero-order chi connectivity index (χ0) is 15.0. The van der Waals surface area contributed by atoms with Crippen LogP contribution in [0.15, 0.2) is 30.5 Å². The van der Waals surface area contributed by atoms with Crippen LogP contribution in [0, 0.1) is 0 Å². The van der Waals surface area contributed by atoms with Crippen LogP contribution in [-0.4, -0.2) is 22.3 Å². The Morgan fingerprint density at radius 2 is 2.19 bits per heavy atom. The molecule has 1 aliphatic rings. The molecule has 0 radical (unpaired) electrons. The van der Waals surface area contributed by atoms with Crippen LogP contribution in [0.5, 0.6) is 0 Å². The van der Waals surface area contributed by atoms with Gasteiger partial charge in [0.15, 0.2) is 0 Å². The van der Waals surface area contributed by atoms with E-state index in [4.69, 9.17) is 28.9 Å². The molecule has 0 spiro atoms. The molecular formula is C15H15Cl2N3O. The maximum atomic E-state index is 12.7. The van der Waals surface area contributed by atoms with Gasteiger partial charge in [-0.25, -0.2) is 0 Å². The Morgan fingerprint density at radius 1 is 1.38 bits per heavy atom. The lowest BCUT2D eigenvalue weighted by Gasteiger charge is -2.24. The third-order valence-corrected chi connectivity index (χ3v) is 4.61. The van der Waals surface area contributed by atoms with Crippen molar-refractivity contribution >= 4 is 34.8 Å². The highest BCUT2D eigenvalue weighted by Crippen LogP contribution is 2.34. The lowest BCUT2D eigenvalue weighted by Crippen LogP contribution is -2.30. The number of benzene rings is 1. The molecule has 3 N–H and O–H groups in total. The maximum Gasteiger partial charge on any atom is 0.254 e. The first-order valence-corrected chi connectivity index (χ1v) is 7.52. The molecule has 2 aromatic rings. The minimum atomic E-state index is -0.0719. The third kappa shape index (κ3) is 2.61. The van der Waals surface area contributed by atoms with Crippen LogP contribution >= 0.6 is 23.2 Å². The van der Waals surface area contributed by atoms with E-state index in [2.05, 4.69) is 4.98 Å². The number of likely N-dealkylation sites (tertiary alicyclic amines) is 1. The molecule has 4 nitrogen and oxygen atoms in total. The summed E-state index contributed by atoms with van der Waals surface area (Å²) in [5.41, 5.74) is 7.64. The lowest BCUT2D eigenvalue weighted by molar-refractivity contribution is 0.0733. The van der Waals surface area contributed by atoms with Gasteiger partial charge in [0.1, 0.15) is 0 Å². The van der Waals surface area contributed by atoms with Gasteiger partial charge in [0.25, 0.3) is 5.91 Å². The molecule has 1 aromatic carbocycles. The van der Waals surface area contributed by atoms with Gasteiger partial charge in [-0.1, -0.05) is 23.2 Å². The second kappa shape index (κ2) is 5.62. The monoisotopic (exact) mass is 323 g/mol. The van der Waals surface area contributed by atoms with Gasteiger partial charge in [-0.3, -0.25) is 4.79 Å². The molecule has 1 unspecified atom stereocenters. The number of amides is 1. The highest BCUT2D eigenvalue weighted by molar-refractivity contribution is 6.43. The fraction of sp³-hybridized carbons (Fsp3) is 0.267. The number of nitrogens with two attached hydrogens (primary N) is 1. The molecule has 3 rings (SSSR count). The fourth-order valence-electron chi connectivity index (χ4n) is 2.78. The van der Waals surface area contributed by atoms with Crippen molar-refractivity contribution in [3.63, 3.8) is 0 Å². The van der Waals surface area contributed by atoms with Crippen LogP contribution in [0.4, 0.5) is 5.69 Å². The summed E-state index contributed by atoms with van der Waals surface area (Å²) in [5.74, 6) is -0.0719. The summed E-state index contributed by atoms with van der Waals surface area (Å²) in [6.45, 7) is 0.725. The van der Waals surface area contributed by atoms with Gasteiger partial charge in [0, 0.05) is 24.0 Å². The number of hydrogen-bond acceptors (Lipinski definition) is 2. The summed E-state index contributed by atoms with van der Waals surface area (Å²) >= 11 is 12.0. The van der Waals surface area contributed by atoms with E-state index in [1.165, 1.54) is 0 Å². The summed E-state index contributed by atoms with van der Waals surface area (Å²) in [4.78, 5) is 17.8. The Labute approximate surface area is 132 Å². The molecule has 2 heterocycles. The van der Waals surface area contributed by atoms with Crippen LogP contribution in [0.25, 0.3) is 0 Å². The zero-order valence-corrected chi connectivity index (χ0v) is 12.8. The van der Waals surface area contributed by atoms with E-state index in [1.54, 1.807) is 12.1 Å². The first kappa shape index (κ1) is 14.3. The van der Waals surface area contributed by atoms with Crippen LogP contribution in [0.2, 0.25) is 10.0 Å². The van der Waals surface area contributed by atoms with Crippen molar-refractivity contribution in [2.24, 2.45) is 0 Å². The second-order valence-electron chi connectivity index (χ2n) is 5.14. The average Bonchev–Trinajstić information content (AvgIpc) is 3.13. The van der Waals surface area contributed by atoms with Crippen molar-refractivity contribution in [2.45, 2.75) is 18.9 Å². The maximum absolute atomic E-state index is 12.7. The zero-order valence-electron chi connectivity index (χ0n) is 11.3. The first-order valence-electron chi connectivity index (χ1n) is 6.76. The number of nitrogens with zero attached hydrogens (tertiary/aromatic N) is 1. The van der Waals surface area contributed by atoms with E-state index < -0.39 is 0 Å². The van der Waals surface area contributed by atoms with Gasteiger partial charge < -0.3 is 15.6 Å². The predicted octanol–water partition coefficient (Wildman–Crippen LogP) is 3.88. The number of anilines is 1. The van der Waals surface area contributed by atoms with E-state index in [9.17, 15) is 4.79 Å². The Bertz CT molecular complexity index is 647. The van der Waals surface area contributed by atoms with E-state index in [-0.39, 0.29) is 17.0 Å². The molecular weight excluding hydrogens is 309 g/mol. The quantitative estimate of drug-likeness (QED) is 0.824. The van der Waals surface area contributed by atoms with Gasteiger partial charge in [0.2, 0.25) is 0 Å². The van der Waals surface area contributed by atoms with E-state index in [0.717, 1.165) is 25.1 Å². The van der Waals surface area contributed by atoms with Crippen molar-refractivity contribution in [1.82, 2.24) is 9.88 Å². The highest BCUT2D eigenvalue weighted by atomic mass is 35.5. The second-order valence-corrected chi connectivity index (χ2v) is 5.93. The molecule has 0 aliphatic carbocycles. The number of carbonyl (C=O) groups is 1. The van der Waals surface area contributed by atoms with Gasteiger partial charge in [-0.05, 0) is 37.1 Å². The van der Waals surface area contributed by atoms with Crippen molar-refractivity contribution in [2.75, 3.05) is 12.3 Å². The largest absolute Gasteiger partial charge is 0.397 e. The van der Waals surface area contributed by atoms with Crippen LogP contribution in [0.1, 0.15) is 34.9 Å². The van der Waals surface area contributed by atoms with Crippen LogP contribution in [0.3, 0.4) is 0 Å². The molecule has 6 heteroatoms. The Morgan fingerprint density at radius 3 is 2.86 bits per heavy atom. The number of aromatic nitrogens is 1. The van der Waals surface area contributed by atoms with Crippen molar-refractivity contribution < 1.29 is 4.79 Å². The predicted molar refractivity (Wildman–Crippen MR) is 84.7 cm³/mol. The number of halogens is 2. The summed E-state index contributed by atoms with van der Waals surface area (Å²) in [5, 5.41) is 0.589. The molecule has 110 valence electrons. The normalized spacial score (nSPS) is 18.2. The number of H-pyrrole nitrogens is 1. The molecule has 1 atom stereocenters. The van der Waals surface area contributed by atoms with Crippen LogP contribution < -0.4 is 5.73 Å². The van der Waals surface area contributed by atoms with E-state index >= 15 is 0 Å². The van der Waals surface area contributed by atoms with Gasteiger partial charge in [-0.15, -0.1) is 0 Å². The van der Waals surface area contributed by atoms with E-state index in [0.29, 0.717) is 16.3 Å². The summed E-state index contributed by atoms with van der Waals surface area (Å²) in [6.07, 6.45) is 3.79. The third-order valence-electron chi connectivity index (χ3n) is 3.80. The van der Waals surface area contributed by atoms with Gasteiger partial charge >= 0.3 is 0 Å². The summed E-state index contributed by atoms with van der Waals surface area (Å²) in [6, 6.07) is 7.17. The molecule has 1 aliphatic heterocycles. The number of hydrogen-bond donors (Lipinski definition) is 2. The Balaban J connectivity index is 1.91. The molecule has 1 amide bonds. The number of rotatable bonds is 2. The fourth-order valence-corrected chi connectivity index (χ4v) is 3.12. The molecule has 0 saturated carbocycles. The van der Waals surface area contributed by atoms with Crippen molar-refractivity contribution in [3.05, 3.63) is 51.8 Å². The molecule has 1 saturated heterocycles. The summed E-state index contributed by atoms with van der Waals surface area (Å²) < 4.78 is 0. The molecule has 21 heavy (non-hydrogen) atoms. The number of aromatic amines is 1. The molecule has 1 aromatic heterocycles. The molecule has 1 fully saturated rings. The Kier molecular flexibility index (Phi) is 3.83. The van der Waals surface area contributed by atoms with E-state index in [1.807, 2.05) is 23.2 Å². The Hall–Kier alpha value is -1.65. The number of carbonyl (C=O) groups excluding carboxylic acids is 1. The number of nitrogens with one attached hydrogen (secondary N) is 1. The van der Waals surface area contributed by atoms with Crippen molar-refractivity contribution in [1.29, 1.82) is 0 Å². The summed E-state index contributed by atoms with van der Waals surface area (Å²) in [7, 11) is 0. The van der Waals surface area contributed by atoms with Crippen molar-refractivity contribution in [3.8, 4) is 0 Å². The SMILES string of the molecule is Nc1cc(C(=O)N2CCCC2c2ccc[nH]2)cc(Cl)c1Cl. The first-order chi connectivity index (χ1) is 10.1. The average molecular weight is 324 g/mol. The standard InChI is InChI=1S/C15H15Cl2N3O/c16-10-7-9(8-11(18)14(10)17)15(21)20-6-2-4-13(20)12-3-1-5-19-12/h1,3,5,7-8,13,19H,2,4,6,18H2. The lowest BCUT2D eigenvalue weighted by atomic mass is 10.1. The smallest absolute Gasteiger partial charge is 0.254 e.